The Balaban J connectivity index is -0.000000607. The third-order valence-corrected chi connectivity index (χ3v) is 3.08. The first-order chi connectivity index (χ1) is 12.7. The van der Waals surface area contributed by atoms with Gasteiger partial charge in [0.15, 0.2) is 0 Å². The molecule has 0 amide bonds. The maximum atomic E-state index is 11.9. The Morgan fingerprint density at radius 3 is 0.781 bits per heavy atom. The average molecular weight is 579 g/mol. The number of carbonyl (C=O) groups is 7. The van der Waals surface area contributed by atoms with Crippen LogP contribution in [0.5, 0.6) is 0 Å². The molecule has 0 bridgehead atoms. The van der Waals surface area contributed by atoms with Crippen LogP contribution in [0.25, 0.3) is 0 Å². The van der Waals surface area contributed by atoms with Gasteiger partial charge in [-0.05, 0) is 0 Å². The molecule has 0 unspecified atom stereocenters. The first kappa shape index (κ1) is 43.2. The van der Waals surface area contributed by atoms with E-state index in [2.05, 4.69) is 9.47 Å². The van der Waals surface area contributed by atoms with Crippen LogP contribution in [0.3, 0.4) is 0 Å². The summed E-state index contributed by atoms with van der Waals surface area (Å²) in [7, 11) is 0. The summed E-state index contributed by atoms with van der Waals surface area (Å²) in [6, 6.07) is 0. The van der Waals surface area contributed by atoms with Crippen LogP contribution in [0.2, 0.25) is 0 Å². The van der Waals surface area contributed by atoms with Crippen molar-refractivity contribution in [2.45, 2.75) is 36.9 Å². The van der Waals surface area contributed by atoms with Gasteiger partial charge in [-0.3, -0.25) is 19.2 Å². The van der Waals surface area contributed by atoms with Gasteiger partial charge in [-0.1, -0.05) is 0 Å². The molecule has 0 aliphatic heterocycles. The number of carbonyl (C=O) groups excluding carboxylic acids is 1. The van der Waals surface area contributed by atoms with Gasteiger partial charge in [0, 0.05) is 0 Å². The van der Waals surface area contributed by atoms with E-state index in [1.165, 1.54) is 0 Å². The molecule has 0 aromatic carbocycles. The number of carboxylic acid groups (broad SMARTS) is 6. The van der Waals surface area contributed by atoms with Gasteiger partial charge in [-0.15, -0.1) is 0 Å². The molecule has 32 heavy (non-hydrogen) atoms. The molecular weight excluding hydrogens is 556 g/mol. The SMILES string of the molecule is O=C(O)CC(CC(=O)O)(OC(=O)OC(CC(=O)O)(CC(=O)O)C(=O)O)C(=O)O.[CaH2].[CaH2].[CaH2].[CaH2]. The molecule has 0 saturated carbocycles. The minimum atomic E-state index is -3.24. The van der Waals surface area contributed by atoms with Gasteiger partial charge >= 0.3 is 193 Å². The zero-order chi connectivity index (χ0) is 22.3. The normalized spacial score (nSPS) is 9.75. The molecule has 0 aromatic rings. The second kappa shape index (κ2) is 19.3. The van der Waals surface area contributed by atoms with E-state index in [-0.39, 0.29) is 151 Å². The molecule has 0 spiro atoms. The summed E-state index contributed by atoms with van der Waals surface area (Å²) >= 11 is 0. The minimum absolute atomic E-state index is 0. The van der Waals surface area contributed by atoms with E-state index in [0.717, 1.165) is 0 Å². The molecule has 0 radical (unpaired) electrons. The van der Waals surface area contributed by atoms with E-state index in [4.69, 9.17) is 30.6 Å². The van der Waals surface area contributed by atoms with Gasteiger partial charge < -0.3 is 40.1 Å². The predicted molar refractivity (Wildman–Crippen MR) is 111 cm³/mol. The first-order valence-corrected chi connectivity index (χ1v) is 6.92. The molecule has 15 nitrogen and oxygen atoms in total. The van der Waals surface area contributed by atoms with E-state index in [1.807, 2.05) is 0 Å². The van der Waals surface area contributed by atoms with Crippen molar-refractivity contribution in [2.75, 3.05) is 0 Å². The van der Waals surface area contributed by atoms with Crippen molar-refractivity contribution in [3.05, 3.63) is 0 Å². The topological polar surface area (TPSA) is 259 Å². The Morgan fingerprint density at radius 2 is 0.656 bits per heavy atom. The van der Waals surface area contributed by atoms with Crippen molar-refractivity contribution in [2.24, 2.45) is 0 Å². The molecule has 0 aliphatic carbocycles. The Morgan fingerprint density at radius 1 is 0.469 bits per heavy atom. The number of aliphatic carboxylic acids is 6. The van der Waals surface area contributed by atoms with Gasteiger partial charge in [-0.2, -0.15) is 0 Å². The molecular formula is C13H22Ca4O15. The zero-order valence-electron chi connectivity index (χ0n) is 13.7. The van der Waals surface area contributed by atoms with Crippen LogP contribution >= 0.6 is 0 Å². The summed E-state index contributed by atoms with van der Waals surface area (Å²) in [6.45, 7) is 0. The van der Waals surface area contributed by atoms with Crippen LogP contribution in [0.1, 0.15) is 25.7 Å². The monoisotopic (exact) mass is 578 g/mol. The van der Waals surface area contributed by atoms with Gasteiger partial charge in [0.2, 0.25) is 11.2 Å². The van der Waals surface area contributed by atoms with Crippen LogP contribution in [-0.2, 0) is 38.2 Å². The second-order valence-corrected chi connectivity index (χ2v) is 5.34. The molecule has 0 rings (SSSR count). The van der Waals surface area contributed by atoms with Crippen LogP contribution < -0.4 is 0 Å². The number of hydrogen-bond donors (Lipinski definition) is 6. The number of hydrogen-bond acceptors (Lipinski definition) is 9. The summed E-state index contributed by atoms with van der Waals surface area (Å²) in [5, 5.41) is 53.2. The van der Waals surface area contributed by atoms with Crippen molar-refractivity contribution in [1.82, 2.24) is 0 Å². The van der Waals surface area contributed by atoms with Crippen molar-refractivity contribution >= 4 is 193 Å². The van der Waals surface area contributed by atoms with E-state index in [9.17, 15) is 33.6 Å². The summed E-state index contributed by atoms with van der Waals surface area (Å²) < 4.78 is 8.44. The Hall–Kier alpha value is 1.13. The number of ether oxygens (including phenoxy) is 2. The van der Waals surface area contributed by atoms with Crippen molar-refractivity contribution < 1.29 is 73.7 Å². The summed E-state index contributed by atoms with van der Waals surface area (Å²) in [6.07, 6.45) is -8.62. The van der Waals surface area contributed by atoms with Crippen LogP contribution in [0, 0.1) is 0 Å². The summed E-state index contributed by atoms with van der Waals surface area (Å²) in [5.41, 5.74) is -6.49. The molecule has 0 heterocycles. The first-order valence-electron chi connectivity index (χ1n) is 6.92. The van der Waals surface area contributed by atoms with Crippen molar-refractivity contribution in [3.63, 3.8) is 0 Å². The van der Waals surface area contributed by atoms with Crippen molar-refractivity contribution in [3.8, 4) is 0 Å². The second-order valence-electron chi connectivity index (χ2n) is 5.34. The third kappa shape index (κ3) is 15.2. The summed E-state index contributed by atoms with van der Waals surface area (Å²) in [4.78, 5) is 77.8. The molecule has 19 heteroatoms. The molecule has 0 fully saturated rings. The molecule has 172 valence electrons. The molecule has 0 aromatic heterocycles. The third-order valence-electron chi connectivity index (χ3n) is 3.08. The zero-order valence-corrected chi connectivity index (χ0v) is 13.7. The standard InChI is InChI=1S/C13H14O15.4Ca.8H/c14-5(15)1-12(9(22)23,2-6(16)17)27-11(26)28-13(10(24)25,3-7(18)19)4-8(20)21;;;;;;;;;;;;/h1-4H2,(H,14,15)(H,16,17)(H,18,19)(H,20,21)(H,22,23)(H,24,25);;;;;;;;;;;;. The van der Waals surface area contributed by atoms with Crippen molar-refractivity contribution in [1.29, 1.82) is 0 Å². The van der Waals surface area contributed by atoms with Gasteiger partial charge in [0.1, 0.15) is 0 Å². The number of rotatable bonds is 12. The van der Waals surface area contributed by atoms with E-state index in [0.29, 0.717) is 0 Å². The van der Waals surface area contributed by atoms with E-state index in [1.54, 1.807) is 0 Å². The van der Waals surface area contributed by atoms with Gasteiger partial charge in [0.25, 0.3) is 0 Å². The number of carboxylic acids is 6. The fourth-order valence-corrected chi connectivity index (χ4v) is 1.98. The fraction of sp³-hybridized carbons (Fsp3) is 0.462. The molecule has 6 N–H and O–H groups in total. The Kier molecular flexibility index (Phi) is 26.1. The van der Waals surface area contributed by atoms with Gasteiger partial charge in [-0.25, -0.2) is 14.4 Å². The Bertz CT molecular complexity index is 632. The van der Waals surface area contributed by atoms with Gasteiger partial charge in [0.05, 0.1) is 25.7 Å². The molecule has 0 atom stereocenters. The average Bonchev–Trinajstić information content (AvgIpc) is 2.42. The van der Waals surface area contributed by atoms with E-state index >= 15 is 0 Å². The fourth-order valence-electron chi connectivity index (χ4n) is 1.98. The van der Waals surface area contributed by atoms with Crippen LogP contribution in [0.15, 0.2) is 0 Å². The Labute approximate surface area is 298 Å². The van der Waals surface area contributed by atoms with E-state index < -0.39 is 78.9 Å². The predicted octanol–water partition coefficient (Wildman–Crippen LogP) is -4.98. The maximum absolute atomic E-state index is 11.9. The molecule has 0 saturated heterocycles. The quantitative estimate of drug-likeness (QED) is 0.0935. The molecule has 0 aliphatic rings. The summed E-state index contributed by atoms with van der Waals surface area (Å²) in [5.74, 6) is -12.2. The van der Waals surface area contributed by atoms with Crippen LogP contribution in [0.4, 0.5) is 4.79 Å². The van der Waals surface area contributed by atoms with Crippen LogP contribution in [-0.4, -0.2) is 235 Å².